The van der Waals surface area contributed by atoms with E-state index in [9.17, 15) is 4.79 Å². The number of halogens is 1. The minimum Gasteiger partial charge on any atom is -0.494 e. The number of amides is 1. The molecule has 1 aromatic heterocycles. The van der Waals surface area contributed by atoms with E-state index in [1.165, 1.54) is 11.3 Å². The number of methoxy groups -OCH3 is 1. The van der Waals surface area contributed by atoms with Crippen molar-refractivity contribution >= 4 is 48.5 Å². The molecule has 7 heteroatoms. The molecular weight excluding hydrogens is 416 g/mol. The van der Waals surface area contributed by atoms with Crippen LogP contribution >= 0.6 is 27.3 Å². The van der Waals surface area contributed by atoms with E-state index in [1.54, 1.807) is 7.11 Å². The number of anilines is 1. The standard InChI is InChI=1S/C19H19BrN2O3S/c1-12-8-9-14(13(20)11-12)25-10-4-7-17(23)21-19-22-18-15(24-2)5-3-6-16(18)26-19/h3,5-6,8-9,11H,4,7,10H2,1-2H3,(H,21,22,23). The van der Waals surface area contributed by atoms with Gasteiger partial charge in [-0.05, 0) is 59.1 Å². The van der Waals surface area contributed by atoms with E-state index in [-0.39, 0.29) is 5.91 Å². The molecule has 0 saturated heterocycles. The molecule has 0 bridgehead atoms. The second kappa shape index (κ2) is 8.51. The Kier molecular flexibility index (Phi) is 6.11. The van der Waals surface area contributed by atoms with Crippen LogP contribution in [0.2, 0.25) is 0 Å². The largest absolute Gasteiger partial charge is 0.494 e. The second-order valence-electron chi connectivity index (χ2n) is 5.76. The number of aromatic nitrogens is 1. The third kappa shape index (κ3) is 4.53. The molecule has 2 aromatic carbocycles. The average Bonchev–Trinajstić information content (AvgIpc) is 3.02. The number of rotatable bonds is 7. The summed E-state index contributed by atoms with van der Waals surface area (Å²) >= 11 is 4.91. The highest BCUT2D eigenvalue weighted by atomic mass is 79.9. The number of benzene rings is 2. The maximum Gasteiger partial charge on any atom is 0.226 e. The number of fused-ring (bicyclic) bond motifs is 1. The summed E-state index contributed by atoms with van der Waals surface area (Å²) in [6.45, 7) is 2.50. The topological polar surface area (TPSA) is 60.5 Å². The van der Waals surface area contributed by atoms with Gasteiger partial charge in [-0.2, -0.15) is 0 Å². The second-order valence-corrected chi connectivity index (χ2v) is 7.65. The third-order valence-electron chi connectivity index (χ3n) is 3.74. The molecule has 1 N–H and O–H groups in total. The lowest BCUT2D eigenvalue weighted by Crippen LogP contribution is -2.12. The maximum absolute atomic E-state index is 12.1. The van der Waals surface area contributed by atoms with Crippen LogP contribution in [0.5, 0.6) is 11.5 Å². The first-order valence-corrected chi connectivity index (χ1v) is 9.80. The molecule has 0 aliphatic heterocycles. The molecule has 0 unspecified atom stereocenters. The number of nitrogens with one attached hydrogen (secondary N) is 1. The molecule has 3 aromatic rings. The molecular formula is C19H19BrN2O3S. The van der Waals surface area contributed by atoms with Gasteiger partial charge in [0.2, 0.25) is 5.91 Å². The molecule has 26 heavy (non-hydrogen) atoms. The van der Waals surface area contributed by atoms with Gasteiger partial charge in [0, 0.05) is 6.42 Å². The van der Waals surface area contributed by atoms with Gasteiger partial charge in [-0.1, -0.05) is 23.5 Å². The van der Waals surface area contributed by atoms with E-state index < -0.39 is 0 Å². The van der Waals surface area contributed by atoms with Crippen molar-refractivity contribution < 1.29 is 14.3 Å². The normalized spacial score (nSPS) is 10.7. The Morgan fingerprint density at radius 1 is 1.27 bits per heavy atom. The van der Waals surface area contributed by atoms with Gasteiger partial charge in [0.1, 0.15) is 17.0 Å². The summed E-state index contributed by atoms with van der Waals surface area (Å²) < 4.78 is 12.9. The smallest absolute Gasteiger partial charge is 0.226 e. The van der Waals surface area contributed by atoms with Crippen molar-refractivity contribution in [2.24, 2.45) is 0 Å². The Hall–Kier alpha value is -2.12. The predicted molar refractivity (Wildman–Crippen MR) is 108 cm³/mol. The van der Waals surface area contributed by atoms with Gasteiger partial charge in [-0.3, -0.25) is 4.79 Å². The van der Waals surface area contributed by atoms with Crippen molar-refractivity contribution in [3.8, 4) is 11.5 Å². The van der Waals surface area contributed by atoms with E-state index in [2.05, 4.69) is 26.2 Å². The lowest BCUT2D eigenvalue weighted by Gasteiger charge is -2.08. The molecule has 1 heterocycles. The van der Waals surface area contributed by atoms with Crippen LogP contribution in [0.25, 0.3) is 10.2 Å². The number of thiazole rings is 1. The summed E-state index contributed by atoms with van der Waals surface area (Å²) in [6.07, 6.45) is 0.997. The summed E-state index contributed by atoms with van der Waals surface area (Å²) in [6, 6.07) is 11.6. The molecule has 0 fully saturated rings. The number of nitrogens with zero attached hydrogens (tertiary/aromatic N) is 1. The fourth-order valence-corrected chi connectivity index (χ4v) is 3.97. The highest BCUT2D eigenvalue weighted by Gasteiger charge is 2.11. The summed E-state index contributed by atoms with van der Waals surface area (Å²) in [7, 11) is 1.61. The molecule has 1 amide bonds. The highest BCUT2D eigenvalue weighted by molar-refractivity contribution is 9.10. The van der Waals surface area contributed by atoms with Gasteiger partial charge >= 0.3 is 0 Å². The van der Waals surface area contributed by atoms with E-state index in [1.807, 2.05) is 43.3 Å². The van der Waals surface area contributed by atoms with Crippen LogP contribution in [0.4, 0.5) is 5.13 Å². The minimum absolute atomic E-state index is 0.0744. The van der Waals surface area contributed by atoms with Gasteiger partial charge in [0.05, 0.1) is 22.9 Å². The van der Waals surface area contributed by atoms with Crippen LogP contribution in [-0.4, -0.2) is 24.6 Å². The zero-order valence-corrected chi connectivity index (χ0v) is 16.9. The fourth-order valence-electron chi connectivity index (χ4n) is 2.46. The molecule has 5 nitrogen and oxygen atoms in total. The van der Waals surface area contributed by atoms with Gasteiger partial charge < -0.3 is 14.8 Å². The van der Waals surface area contributed by atoms with Gasteiger partial charge in [0.15, 0.2) is 5.13 Å². The van der Waals surface area contributed by atoms with Crippen LogP contribution < -0.4 is 14.8 Å². The molecule has 0 spiro atoms. The number of hydrogen-bond donors (Lipinski definition) is 1. The average molecular weight is 435 g/mol. The molecule has 0 radical (unpaired) electrons. The van der Waals surface area contributed by atoms with Crippen LogP contribution in [0.3, 0.4) is 0 Å². The Morgan fingerprint density at radius 2 is 2.12 bits per heavy atom. The summed E-state index contributed by atoms with van der Waals surface area (Å²) in [5, 5.41) is 3.43. The van der Waals surface area contributed by atoms with Crippen molar-refractivity contribution in [3.63, 3.8) is 0 Å². The molecule has 3 rings (SSSR count). The first-order chi connectivity index (χ1) is 12.6. The minimum atomic E-state index is -0.0744. The molecule has 136 valence electrons. The number of aryl methyl sites for hydroxylation is 1. The van der Waals surface area contributed by atoms with Gasteiger partial charge in [0.25, 0.3) is 0 Å². The first kappa shape index (κ1) is 18.7. The van der Waals surface area contributed by atoms with Crippen LogP contribution in [0.1, 0.15) is 18.4 Å². The van der Waals surface area contributed by atoms with Gasteiger partial charge in [-0.15, -0.1) is 0 Å². The summed E-state index contributed by atoms with van der Waals surface area (Å²) in [5.41, 5.74) is 1.93. The third-order valence-corrected chi connectivity index (χ3v) is 5.30. The van der Waals surface area contributed by atoms with Crippen LogP contribution in [0, 0.1) is 6.92 Å². The number of para-hydroxylation sites is 1. The molecule has 0 atom stereocenters. The molecule has 0 aliphatic rings. The predicted octanol–water partition coefficient (Wildman–Crippen LogP) is 5.17. The lowest BCUT2D eigenvalue weighted by molar-refractivity contribution is -0.116. The van der Waals surface area contributed by atoms with Crippen LogP contribution in [0.15, 0.2) is 40.9 Å². The maximum atomic E-state index is 12.1. The van der Waals surface area contributed by atoms with Gasteiger partial charge in [-0.25, -0.2) is 4.98 Å². The van der Waals surface area contributed by atoms with Crippen LogP contribution in [-0.2, 0) is 4.79 Å². The van der Waals surface area contributed by atoms with E-state index in [0.717, 1.165) is 26.0 Å². The SMILES string of the molecule is COc1cccc2sc(NC(=O)CCCOc3ccc(C)cc3Br)nc12. The first-order valence-electron chi connectivity index (χ1n) is 8.19. The quantitative estimate of drug-likeness (QED) is 0.520. The zero-order chi connectivity index (χ0) is 18.5. The van der Waals surface area contributed by atoms with Crippen molar-refractivity contribution in [1.82, 2.24) is 4.98 Å². The number of ether oxygens (including phenoxy) is 2. The molecule has 0 saturated carbocycles. The van der Waals surface area contributed by atoms with E-state index in [4.69, 9.17) is 9.47 Å². The Morgan fingerprint density at radius 3 is 2.88 bits per heavy atom. The molecule has 0 aliphatic carbocycles. The number of carbonyl (C=O) groups is 1. The van der Waals surface area contributed by atoms with Crippen molar-refractivity contribution in [2.45, 2.75) is 19.8 Å². The summed E-state index contributed by atoms with van der Waals surface area (Å²) in [5.74, 6) is 1.42. The number of hydrogen-bond acceptors (Lipinski definition) is 5. The van der Waals surface area contributed by atoms with Crippen molar-refractivity contribution in [2.75, 3.05) is 19.0 Å². The van der Waals surface area contributed by atoms with E-state index in [0.29, 0.717) is 30.3 Å². The number of carbonyl (C=O) groups excluding carboxylic acids is 1. The lowest BCUT2D eigenvalue weighted by atomic mass is 10.2. The monoisotopic (exact) mass is 434 g/mol. The highest BCUT2D eigenvalue weighted by Crippen LogP contribution is 2.32. The van der Waals surface area contributed by atoms with E-state index >= 15 is 0 Å². The summed E-state index contributed by atoms with van der Waals surface area (Å²) in [4.78, 5) is 16.6. The van der Waals surface area contributed by atoms with Crippen molar-refractivity contribution in [3.05, 3.63) is 46.4 Å². The Labute approximate surface area is 164 Å². The zero-order valence-electron chi connectivity index (χ0n) is 14.5. The Balaban J connectivity index is 1.50. The van der Waals surface area contributed by atoms with Crippen molar-refractivity contribution in [1.29, 1.82) is 0 Å². The fraction of sp³-hybridized carbons (Fsp3) is 0.263. The Bertz CT molecular complexity index is 926.